The molecule has 2 aliphatic rings. The van der Waals surface area contributed by atoms with E-state index in [9.17, 15) is 13.9 Å². The van der Waals surface area contributed by atoms with Crippen molar-refractivity contribution < 1.29 is 13.9 Å². The number of phenolic OH excluding ortho intramolecular Hbond substituents is 1. The lowest BCUT2D eigenvalue weighted by atomic mass is 9.99. The molecule has 96 valence electrons. The van der Waals surface area contributed by atoms with Crippen LogP contribution in [0.4, 0.5) is 8.78 Å². The second kappa shape index (κ2) is 3.56. The molecule has 4 rings (SSSR count). The highest BCUT2D eigenvalue weighted by atomic mass is 19.2. The summed E-state index contributed by atoms with van der Waals surface area (Å²) in [6.45, 7) is 0. The Hall–Kier alpha value is -1.90. The van der Waals surface area contributed by atoms with E-state index in [-0.39, 0.29) is 5.75 Å². The van der Waals surface area contributed by atoms with Crippen molar-refractivity contribution in [2.45, 2.75) is 25.2 Å². The number of hydrogen-bond acceptors (Lipinski definition) is 1. The van der Waals surface area contributed by atoms with Crippen LogP contribution >= 0.6 is 0 Å². The van der Waals surface area contributed by atoms with Crippen molar-refractivity contribution in [2.24, 2.45) is 0 Å². The molecule has 19 heavy (non-hydrogen) atoms. The highest BCUT2D eigenvalue weighted by Gasteiger charge is 2.38. The van der Waals surface area contributed by atoms with E-state index in [1.807, 2.05) is 12.1 Å². The van der Waals surface area contributed by atoms with E-state index in [1.165, 1.54) is 0 Å². The van der Waals surface area contributed by atoms with E-state index >= 15 is 0 Å². The Bertz CT molecular complexity index is 693. The molecule has 0 heterocycles. The SMILES string of the molecule is Oc1cc2c(c3c1C3)C(F)C(F)c1ccccc1C2. The minimum absolute atomic E-state index is 0.218. The molecule has 1 N–H and O–H groups in total. The van der Waals surface area contributed by atoms with Crippen molar-refractivity contribution in [1.29, 1.82) is 0 Å². The molecule has 2 unspecified atom stereocenters. The van der Waals surface area contributed by atoms with Gasteiger partial charge in [0.05, 0.1) is 0 Å². The summed E-state index contributed by atoms with van der Waals surface area (Å²) in [5.74, 6) is 0.218. The van der Waals surface area contributed by atoms with E-state index in [4.69, 9.17) is 0 Å². The number of aromatic hydroxyl groups is 1. The monoisotopic (exact) mass is 258 g/mol. The number of fused-ring (bicyclic) bond motifs is 4. The maximum atomic E-state index is 14.5. The lowest BCUT2D eigenvalue weighted by Crippen LogP contribution is -2.02. The van der Waals surface area contributed by atoms with Crippen LogP contribution < -0.4 is 0 Å². The molecule has 0 bridgehead atoms. The van der Waals surface area contributed by atoms with Crippen LogP contribution in [0.2, 0.25) is 0 Å². The van der Waals surface area contributed by atoms with Crippen molar-refractivity contribution >= 4 is 0 Å². The zero-order chi connectivity index (χ0) is 13.1. The quantitative estimate of drug-likeness (QED) is 0.648. The first-order chi connectivity index (χ1) is 9.16. The Kier molecular flexibility index (Phi) is 2.06. The third-order valence-corrected chi connectivity index (χ3v) is 4.15. The predicted octanol–water partition coefficient (Wildman–Crippen LogP) is 3.92. The molecule has 1 nitrogen and oxygen atoms in total. The van der Waals surface area contributed by atoms with Gasteiger partial charge in [0, 0.05) is 12.0 Å². The molecule has 2 atom stereocenters. The van der Waals surface area contributed by atoms with Crippen LogP contribution in [0, 0.1) is 0 Å². The van der Waals surface area contributed by atoms with Gasteiger partial charge in [0.2, 0.25) is 0 Å². The summed E-state index contributed by atoms with van der Waals surface area (Å²) in [5.41, 5.74) is 4.00. The number of phenols is 1. The summed E-state index contributed by atoms with van der Waals surface area (Å²) < 4.78 is 28.9. The van der Waals surface area contributed by atoms with Crippen molar-refractivity contribution in [3.8, 4) is 5.75 Å². The Morgan fingerprint density at radius 2 is 1.74 bits per heavy atom. The average molecular weight is 258 g/mol. The Labute approximate surface area is 109 Å². The molecule has 0 aliphatic heterocycles. The van der Waals surface area contributed by atoms with Crippen LogP contribution in [0.15, 0.2) is 30.3 Å². The number of rotatable bonds is 0. The predicted molar refractivity (Wildman–Crippen MR) is 67.9 cm³/mol. The normalized spacial score (nSPS) is 23.1. The van der Waals surface area contributed by atoms with Crippen LogP contribution in [0.25, 0.3) is 0 Å². The molecule has 0 saturated carbocycles. The fraction of sp³-hybridized carbons (Fsp3) is 0.250. The van der Waals surface area contributed by atoms with Gasteiger partial charge in [-0.1, -0.05) is 24.3 Å². The van der Waals surface area contributed by atoms with Crippen molar-refractivity contribution in [2.75, 3.05) is 0 Å². The van der Waals surface area contributed by atoms with Crippen molar-refractivity contribution in [1.82, 2.24) is 0 Å². The van der Waals surface area contributed by atoms with E-state index in [2.05, 4.69) is 0 Å². The fourth-order valence-electron chi connectivity index (χ4n) is 3.12. The number of benzene rings is 2. The first-order valence-electron chi connectivity index (χ1n) is 6.39. The summed E-state index contributed by atoms with van der Waals surface area (Å²) in [6.07, 6.45) is -2.18. The third kappa shape index (κ3) is 1.44. The summed E-state index contributed by atoms with van der Waals surface area (Å²) in [7, 11) is 0. The average Bonchev–Trinajstić information content (AvgIpc) is 3.18. The molecule has 0 amide bonds. The molecule has 0 aromatic heterocycles. The zero-order valence-electron chi connectivity index (χ0n) is 10.2. The van der Waals surface area contributed by atoms with E-state index in [1.54, 1.807) is 18.2 Å². The van der Waals surface area contributed by atoms with Gasteiger partial charge in [0.15, 0.2) is 12.3 Å². The number of alkyl halides is 2. The lowest BCUT2D eigenvalue weighted by Gasteiger charge is -2.14. The smallest absolute Gasteiger partial charge is 0.161 e. The first-order valence-corrected chi connectivity index (χ1v) is 6.39. The maximum absolute atomic E-state index is 14.5. The Morgan fingerprint density at radius 1 is 0.947 bits per heavy atom. The molecular weight excluding hydrogens is 246 g/mol. The van der Waals surface area contributed by atoms with Crippen molar-refractivity contribution in [3.05, 3.63) is 63.7 Å². The van der Waals surface area contributed by atoms with Gasteiger partial charge in [-0.2, -0.15) is 0 Å². The van der Waals surface area contributed by atoms with Gasteiger partial charge >= 0.3 is 0 Å². The van der Waals surface area contributed by atoms with Gasteiger partial charge in [0.1, 0.15) is 5.75 Å². The van der Waals surface area contributed by atoms with E-state index < -0.39 is 12.3 Å². The number of halogens is 2. The molecule has 2 aromatic rings. The zero-order valence-corrected chi connectivity index (χ0v) is 10.2. The van der Waals surface area contributed by atoms with E-state index in [0.717, 1.165) is 16.7 Å². The lowest BCUT2D eigenvalue weighted by molar-refractivity contribution is 0.171. The standard InChI is InChI=1S/C16H12F2O/c17-15-10-4-2-1-3-8(10)5-9-6-13(19)11-7-12(11)14(9)16(15)18/h1-4,6,15-16,19H,5,7H2. The highest BCUT2D eigenvalue weighted by Crippen LogP contribution is 2.50. The van der Waals surface area contributed by atoms with Gasteiger partial charge in [-0.15, -0.1) is 0 Å². The molecule has 2 aromatic carbocycles. The van der Waals surface area contributed by atoms with Gasteiger partial charge in [0.25, 0.3) is 0 Å². The largest absolute Gasteiger partial charge is 0.508 e. The minimum atomic E-state index is -1.63. The summed E-state index contributed by atoms with van der Waals surface area (Å²) in [4.78, 5) is 0. The Balaban J connectivity index is 1.97. The summed E-state index contributed by atoms with van der Waals surface area (Å²) in [6, 6.07) is 8.64. The fourth-order valence-corrected chi connectivity index (χ4v) is 3.12. The minimum Gasteiger partial charge on any atom is -0.508 e. The molecule has 0 radical (unpaired) electrons. The molecule has 3 heteroatoms. The highest BCUT2D eigenvalue weighted by molar-refractivity contribution is 5.63. The van der Waals surface area contributed by atoms with Crippen LogP contribution in [0.3, 0.4) is 0 Å². The second-order valence-corrected chi connectivity index (χ2v) is 5.28. The molecule has 0 saturated heterocycles. The maximum Gasteiger partial charge on any atom is 0.161 e. The molecule has 0 spiro atoms. The van der Waals surface area contributed by atoms with Gasteiger partial charge < -0.3 is 5.11 Å². The van der Waals surface area contributed by atoms with Gasteiger partial charge in [-0.25, -0.2) is 8.78 Å². The third-order valence-electron chi connectivity index (χ3n) is 4.15. The molecule has 2 aliphatic carbocycles. The van der Waals surface area contributed by atoms with Gasteiger partial charge in [-0.3, -0.25) is 0 Å². The van der Waals surface area contributed by atoms with Crippen molar-refractivity contribution in [3.63, 3.8) is 0 Å². The number of hydrogen-bond donors (Lipinski definition) is 1. The Morgan fingerprint density at radius 3 is 2.58 bits per heavy atom. The van der Waals surface area contributed by atoms with E-state index in [0.29, 0.717) is 29.5 Å². The van der Waals surface area contributed by atoms with Crippen LogP contribution in [0.5, 0.6) is 5.75 Å². The van der Waals surface area contributed by atoms with Crippen LogP contribution in [-0.2, 0) is 12.8 Å². The molecule has 0 fully saturated rings. The second-order valence-electron chi connectivity index (χ2n) is 5.28. The summed E-state index contributed by atoms with van der Waals surface area (Å²) in [5, 5.41) is 9.80. The molecular formula is C16H12F2O. The first kappa shape index (κ1) is 11.0. The summed E-state index contributed by atoms with van der Waals surface area (Å²) >= 11 is 0. The topological polar surface area (TPSA) is 20.2 Å². The van der Waals surface area contributed by atoms with Gasteiger partial charge in [-0.05, 0) is 40.3 Å². The van der Waals surface area contributed by atoms with Crippen LogP contribution in [0.1, 0.15) is 45.7 Å². The van der Waals surface area contributed by atoms with Crippen LogP contribution in [-0.4, -0.2) is 5.11 Å².